The number of thiophene rings is 1. The van der Waals surface area contributed by atoms with E-state index in [0.717, 1.165) is 16.2 Å². The number of amides is 1. The first kappa shape index (κ1) is 22.7. The van der Waals surface area contributed by atoms with E-state index in [-0.39, 0.29) is 45.9 Å². The molecule has 0 spiro atoms. The lowest BCUT2D eigenvalue weighted by Crippen LogP contribution is -2.65. The van der Waals surface area contributed by atoms with Crippen molar-refractivity contribution in [3.63, 3.8) is 0 Å². The fraction of sp³-hybridized carbons (Fsp3) is 0.238. The molecule has 168 valence electrons. The highest BCUT2D eigenvalue weighted by Gasteiger charge is 2.52. The zero-order valence-electron chi connectivity index (χ0n) is 16.9. The van der Waals surface area contributed by atoms with Crippen LogP contribution in [-0.4, -0.2) is 48.4 Å². The first-order chi connectivity index (χ1) is 15.1. The van der Waals surface area contributed by atoms with Crippen molar-refractivity contribution in [1.82, 2.24) is 14.6 Å². The van der Waals surface area contributed by atoms with Gasteiger partial charge in [-0.25, -0.2) is 12.8 Å². The van der Waals surface area contributed by atoms with Gasteiger partial charge in [-0.3, -0.25) is 9.78 Å². The van der Waals surface area contributed by atoms with Crippen LogP contribution in [0, 0.1) is 12.7 Å². The Labute approximate surface area is 193 Å². The van der Waals surface area contributed by atoms with Gasteiger partial charge in [0.25, 0.3) is 15.9 Å². The van der Waals surface area contributed by atoms with Crippen molar-refractivity contribution in [2.24, 2.45) is 0 Å². The lowest BCUT2D eigenvalue weighted by molar-refractivity contribution is 0.0892. The van der Waals surface area contributed by atoms with Gasteiger partial charge in [-0.05, 0) is 49.4 Å². The van der Waals surface area contributed by atoms with Crippen LogP contribution in [0.25, 0.3) is 0 Å². The van der Waals surface area contributed by atoms with Crippen molar-refractivity contribution in [3.8, 4) is 5.75 Å². The second-order valence-electron chi connectivity index (χ2n) is 7.60. The van der Waals surface area contributed by atoms with Gasteiger partial charge in [0.05, 0.1) is 16.7 Å². The maximum absolute atomic E-state index is 14.6. The van der Waals surface area contributed by atoms with Gasteiger partial charge in [-0.1, -0.05) is 11.6 Å². The molecule has 3 aromatic rings. The lowest BCUT2D eigenvalue weighted by atomic mass is 9.77. The van der Waals surface area contributed by atoms with Crippen molar-refractivity contribution in [1.29, 1.82) is 0 Å². The van der Waals surface area contributed by atoms with Crippen LogP contribution in [0.4, 0.5) is 4.39 Å². The summed E-state index contributed by atoms with van der Waals surface area (Å²) in [4.78, 5) is 17.6. The van der Waals surface area contributed by atoms with E-state index in [1.165, 1.54) is 40.8 Å². The first-order valence-corrected chi connectivity index (χ1v) is 12.2. The number of hydrogen-bond donors (Lipinski definition) is 2. The summed E-state index contributed by atoms with van der Waals surface area (Å²) in [5, 5.41) is 12.9. The van der Waals surface area contributed by atoms with Crippen molar-refractivity contribution in [2.75, 3.05) is 19.6 Å². The molecular formula is C21H19ClFN3O4S2. The predicted octanol–water partition coefficient (Wildman–Crippen LogP) is 3.32. The van der Waals surface area contributed by atoms with Crippen molar-refractivity contribution in [2.45, 2.75) is 16.5 Å². The number of aromatic nitrogens is 1. The molecule has 11 heteroatoms. The van der Waals surface area contributed by atoms with Gasteiger partial charge >= 0.3 is 0 Å². The van der Waals surface area contributed by atoms with Crippen molar-refractivity contribution >= 4 is 38.9 Å². The Kier molecular flexibility index (Phi) is 5.97. The van der Waals surface area contributed by atoms with E-state index in [1.807, 2.05) is 6.92 Å². The van der Waals surface area contributed by atoms with Crippen LogP contribution in [0.5, 0.6) is 5.75 Å². The fourth-order valence-corrected chi connectivity index (χ4v) is 6.86. The number of carbonyl (C=O) groups excluding carboxylic acids is 1. The number of aryl methyl sites for hydroxylation is 1. The minimum Gasteiger partial charge on any atom is -0.507 e. The molecule has 1 aliphatic heterocycles. The van der Waals surface area contributed by atoms with Crippen LogP contribution >= 0.6 is 22.9 Å². The van der Waals surface area contributed by atoms with Crippen LogP contribution in [0.1, 0.15) is 20.9 Å². The average molecular weight is 496 g/mol. The summed E-state index contributed by atoms with van der Waals surface area (Å²) in [5.41, 5.74) is -0.971. The third kappa shape index (κ3) is 4.11. The molecule has 32 heavy (non-hydrogen) atoms. The zero-order valence-corrected chi connectivity index (χ0v) is 19.3. The lowest BCUT2D eigenvalue weighted by Gasteiger charge is -2.48. The Balaban J connectivity index is 1.59. The summed E-state index contributed by atoms with van der Waals surface area (Å²) in [6.45, 7) is 1.65. The van der Waals surface area contributed by atoms with E-state index < -0.39 is 27.2 Å². The van der Waals surface area contributed by atoms with E-state index in [0.29, 0.717) is 0 Å². The topological polar surface area (TPSA) is 99.6 Å². The minimum atomic E-state index is -3.74. The van der Waals surface area contributed by atoms with E-state index in [2.05, 4.69) is 10.3 Å². The van der Waals surface area contributed by atoms with Crippen LogP contribution in [-0.2, 0) is 15.4 Å². The van der Waals surface area contributed by atoms with Crippen molar-refractivity contribution < 1.29 is 22.7 Å². The second-order valence-corrected chi connectivity index (χ2v) is 11.5. The molecule has 1 saturated heterocycles. The predicted molar refractivity (Wildman–Crippen MR) is 119 cm³/mol. The highest BCUT2D eigenvalue weighted by molar-refractivity contribution is 7.91. The molecule has 4 rings (SSSR count). The number of halogens is 2. The molecule has 1 fully saturated rings. The number of aromatic hydroxyl groups is 1. The van der Waals surface area contributed by atoms with Gasteiger partial charge in [-0.2, -0.15) is 4.31 Å². The Morgan fingerprint density at radius 2 is 2.06 bits per heavy atom. The molecule has 3 heterocycles. The number of sulfonamides is 1. The maximum atomic E-state index is 14.6. The van der Waals surface area contributed by atoms with Gasteiger partial charge in [-0.15, -0.1) is 11.3 Å². The number of phenols is 1. The quantitative estimate of drug-likeness (QED) is 0.546. The number of pyridine rings is 1. The molecule has 0 radical (unpaired) electrons. The van der Waals surface area contributed by atoms with Crippen LogP contribution in [0.3, 0.4) is 0 Å². The van der Waals surface area contributed by atoms with Gasteiger partial charge in [0.2, 0.25) is 0 Å². The maximum Gasteiger partial charge on any atom is 0.255 e. The molecule has 7 nitrogen and oxygen atoms in total. The third-order valence-electron chi connectivity index (χ3n) is 5.32. The molecule has 0 unspecified atom stereocenters. The number of carbonyl (C=O) groups is 1. The fourth-order valence-electron chi connectivity index (χ4n) is 3.64. The highest BCUT2D eigenvalue weighted by Crippen LogP contribution is 2.39. The molecule has 1 aliphatic rings. The molecule has 0 aliphatic carbocycles. The standard InChI is InChI=1S/C21H19ClFN3O4S2/c1-13-4-7-18(31-13)32(29,30)26-11-21(12-26,19-16(23)3-2-8-24-19)10-25-20(28)15-6-5-14(22)9-17(15)27/h2-9,27H,10-12H2,1H3,(H,25,28). The SMILES string of the molecule is Cc1ccc(S(=O)(=O)N2CC(CNC(=O)c3ccc(Cl)cc3O)(c3ncccc3F)C2)s1. The minimum absolute atomic E-state index is 0.00362. The highest BCUT2D eigenvalue weighted by atomic mass is 35.5. The summed E-state index contributed by atoms with van der Waals surface area (Å²) in [5.74, 6) is -1.47. The molecule has 0 bridgehead atoms. The van der Waals surface area contributed by atoms with Crippen molar-refractivity contribution in [3.05, 3.63) is 75.6 Å². The summed E-state index contributed by atoms with van der Waals surface area (Å²) in [6, 6.07) is 10.0. The van der Waals surface area contributed by atoms with Gasteiger partial charge in [0.15, 0.2) is 0 Å². The molecule has 1 amide bonds. The summed E-state index contributed by atoms with van der Waals surface area (Å²) in [7, 11) is -3.74. The van der Waals surface area contributed by atoms with Gasteiger partial charge in [0.1, 0.15) is 15.8 Å². The zero-order chi connectivity index (χ0) is 23.1. The molecule has 2 N–H and O–H groups in total. The summed E-state index contributed by atoms with van der Waals surface area (Å²) in [6.07, 6.45) is 1.42. The second kappa shape index (κ2) is 8.43. The number of hydrogen-bond acceptors (Lipinski definition) is 6. The molecule has 1 aromatic carbocycles. The van der Waals surface area contributed by atoms with E-state index >= 15 is 0 Å². The van der Waals surface area contributed by atoms with E-state index in [1.54, 1.807) is 12.1 Å². The van der Waals surface area contributed by atoms with Crippen LogP contribution in [0.15, 0.2) is 52.9 Å². The first-order valence-electron chi connectivity index (χ1n) is 9.57. The van der Waals surface area contributed by atoms with Crippen LogP contribution in [0.2, 0.25) is 5.02 Å². The largest absolute Gasteiger partial charge is 0.507 e. The van der Waals surface area contributed by atoms with E-state index in [9.17, 15) is 22.7 Å². The molecule has 0 saturated carbocycles. The number of benzene rings is 1. The van der Waals surface area contributed by atoms with E-state index in [4.69, 9.17) is 11.6 Å². The summed E-state index contributed by atoms with van der Waals surface area (Å²) < 4.78 is 42.0. The number of phenolic OH excluding ortho intramolecular Hbond substituents is 1. The Hall–Kier alpha value is -2.53. The Bertz CT molecular complexity index is 1290. The number of nitrogens with zero attached hydrogens (tertiary/aromatic N) is 2. The Morgan fingerprint density at radius 3 is 2.69 bits per heavy atom. The van der Waals surface area contributed by atoms with Gasteiger partial charge < -0.3 is 10.4 Å². The molecular weight excluding hydrogens is 477 g/mol. The normalized spacial score (nSPS) is 15.8. The van der Waals surface area contributed by atoms with Crippen LogP contribution < -0.4 is 5.32 Å². The third-order valence-corrected chi connectivity index (χ3v) is 8.82. The molecule has 0 atom stereocenters. The smallest absolute Gasteiger partial charge is 0.255 e. The monoisotopic (exact) mass is 495 g/mol. The number of nitrogens with one attached hydrogen (secondary N) is 1. The Morgan fingerprint density at radius 1 is 1.31 bits per heavy atom. The number of rotatable bonds is 6. The molecule has 2 aromatic heterocycles. The average Bonchev–Trinajstić information content (AvgIpc) is 3.15. The summed E-state index contributed by atoms with van der Waals surface area (Å²) >= 11 is 6.97. The van der Waals surface area contributed by atoms with Gasteiger partial charge in [0, 0.05) is 35.7 Å².